The molecule has 0 radical (unpaired) electrons. The summed E-state index contributed by atoms with van der Waals surface area (Å²) in [6.07, 6.45) is 0. The molecule has 11 rings (SSSR count). The summed E-state index contributed by atoms with van der Waals surface area (Å²) in [5.41, 5.74) is 13.1. The highest BCUT2D eigenvalue weighted by Gasteiger charge is 2.24. The number of benzene rings is 8. The molecule has 0 N–H and O–H groups in total. The van der Waals surface area contributed by atoms with Crippen LogP contribution in [0.25, 0.3) is 88.7 Å². The van der Waals surface area contributed by atoms with Gasteiger partial charge in [0.2, 0.25) is 5.89 Å². The molecule has 0 unspecified atom stereocenters. The zero-order chi connectivity index (χ0) is 35.6. The molecular weight excluding hydrogens is 665 g/mol. The van der Waals surface area contributed by atoms with Gasteiger partial charge in [0.05, 0.1) is 17.1 Å². The molecule has 3 aromatic heterocycles. The number of anilines is 3. The lowest BCUT2D eigenvalue weighted by Gasteiger charge is -2.28. The lowest BCUT2D eigenvalue weighted by Crippen LogP contribution is -2.11. The number of aromatic nitrogens is 1. The van der Waals surface area contributed by atoms with Gasteiger partial charge < -0.3 is 18.2 Å². The van der Waals surface area contributed by atoms with Crippen molar-refractivity contribution in [3.8, 4) is 33.7 Å². The fraction of sp³-hybridized carbons (Fsp3) is 0. The van der Waals surface area contributed by atoms with Crippen molar-refractivity contribution < 1.29 is 13.3 Å². The Labute approximate surface area is 309 Å². The summed E-state index contributed by atoms with van der Waals surface area (Å²) in [4.78, 5) is 7.13. The molecule has 5 heteroatoms. The minimum atomic E-state index is 0.567. The standard InChI is InChI=1S/C49H30N2O3/c1-2-14-31(15-3-1)33-16-4-5-17-34(33)35-18-6-9-23-41(35)51(42-24-12-20-37-36-19-7-10-25-43(36)53-48(37)42)32-28-29-38-46(30-32)52-45-27-13-21-39(47(38)45)49-50-40-22-8-11-26-44(40)54-49/h1-30H. The average molecular weight is 695 g/mol. The monoisotopic (exact) mass is 694 g/mol. The third-order valence-electron chi connectivity index (χ3n) is 10.3. The second-order valence-electron chi connectivity index (χ2n) is 13.5. The molecule has 0 aliphatic heterocycles. The predicted molar refractivity (Wildman–Crippen MR) is 220 cm³/mol. The van der Waals surface area contributed by atoms with Gasteiger partial charge in [-0.25, -0.2) is 4.98 Å². The van der Waals surface area contributed by atoms with E-state index >= 15 is 0 Å². The van der Waals surface area contributed by atoms with Crippen molar-refractivity contribution in [3.63, 3.8) is 0 Å². The number of oxazole rings is 1. The second-order valence-corrected chi connectivity index (χ2v) is 13.5. The number of hydrogen-bond acceptors (Lipinski definition) is 5. The normalized spacial score (nSPS) is 11.7. The van der Waals surface area contributed by atoms with Gasteiger partial charge in [-0.15, -0.1) is 0 Å². The highest BCUT2D eigenvalue weighted by molar-refractivity contribution is 6.14. The Bertz CT molecular complexity index is 3150. The Kier molecular flexibility index (Phi) is 6.79. The van der Waals surface area contributed by atoms with Crippen molar-refractivity contribution in [1.29, 1.82) is 0 Å². The van der Waals surface area contributed by atoms with Gasteiger partial charge >= 0.3 is 0 Å². The van der Waals surface area contributed by atoms with Crippen LogP contribution in [0.3, 0.4) is 0 Å². The lowest BCUT2D eigenvalue weighted by molar-refractivity contribution is 0.620. The van der Waals surface area contributed by atoms with Crippen LogP contribution in [0.5, 0.6) is 0 Å². The van der Waals surface area contributed by atoms with Crippen LogP contribution in [0.4, 0.5) is 17.1 Å². The maximum absolute atomic E-state index is 6.69. The Balaban J connectivity index is 1.16. The molecule has 0 saturated heterocycles. The molecular formula is C49H30N2O3. The quantitative estimate of drug-likeness (QED) is 0.173. The highest BCUT2D eigenvalue weighted by Crippen LogP contribution is 2.48. The molecule has 0 amide bonds. The van der Waals surface area contributed by atoms with Crippen LogP contribution in [0, 0.1) is 0 Å². The molecule has 0 aliphatic rings. The molecule has 11 aromatic rings. The summed E-state index contributed by atoms with van der Waals surface area (Å²) < 4.78 is 19.6. The largest absolute Gasteiger partial charge is 0.456 e. The average Bonchev–Trinajstić information content (AvgIpc) is 3.95. The van der Waals surface area contributed by atoms with E-state index < -0.39 is 0 Å². The van der Waals surface area contributed by atoms with Gasteiger partial charge in [0, 0.05) is 38.7 Å². The molecule has 54 heavy (non-hydrogen) atoms. The molecule has 0 spiro atoms. The van der Waals surface area contributed by atoms with Crippen molar-refractivity contribution in [3.05, 3.63) is 182 Å². The molecule has 0 fully saturated rings. The van der Waals surface area contributed by atoms with E-state index in [4.69, 9.17) is 18.2 Å². The van der Waals surface area contributed by atoms with Crippen LogP contribution >= 0.6 is 0 Å². The van der Waals surface area contributed by atoms with Gasteiger partial charge in [0.15, 0.2) is 11.2 Å². The topological polar surface area (TPSA) is 55.6 Å². The number of rotatable bonds is 6. The summed E-state index contributed by atoms with van der Waals surface area (Å²) in [5, 5.41) is 4.09. The number of para-hydroxylation sites is 5. The number of nitrogens with zero attached hydrogens (tertiary/aromatic N) is 2. The van der Waals surface area contributed by atoms with Gasteiger partial charge in [0.25, 0.3) is 0 Å². The summed E-state index contributed by atoms with van der Waals surface area (Å²) in [6.45, 7) is 0. The van der Waals surface area contributed by atoms with Crippen LogP contribution in [0.2, 0.25) is 0 Å². The molecule has 3 heterocycles. The lowest BCUT2D eigenvalue weighted by atomic mass is 9.93. The SMILES string of the molecule is c1ccc(-c2ccccc2-c2ccccc2N(c2ccc3c(c2)oc2cccc(-c4nc5ccccc5o4)c23)c2cccc3c2oc2ccccc23)cc1. The van der Waals surface area contributed by atoms with Gasteiger partial charge in [-0.3, -0.25) is 0 Å². The van der Waals surface area contributed by atoms with Crippen LogP contribution in [-0.4, -0.2) is 4.98 Å². The van der Waals surface area contributed by atoms with Crippen molar-refractivity contribution in [2.24, 2.45) is 0 Å². The van der Waals surface area contributed by atoms with E-state index in [1.165, 1.54) is 0 Å². The van der Waals surface area contributed by atoms with E-state index in [0.717, 1.165) is 99.9 Å². The first-order valence-electron chi connectivity index (χ1n) is 18.0. The zero-order valence-electron chi connectivity index (χ0n) is 28.9. The molecule has 0 atom stereocenters. The van der Waals surface area contributed by atoms with E-state index in [1.54, 1.807) is 0 Å². The van der Waals surface area contributed by atoms with Gasteiger partial charge in [0.1, 0.15) is 22.3 Å². The highest BCUT2D eigenvalue weighted by atomic mass is 16.4. The maximum atomic E-state index is 6.69. The molecule has 8 aromatic carbocycles. The third-order valence-corrected chi connectivity index (χ3v) is 10.3. The molecule has 0 bridgehead atoms. The van der Waals surface area contributed by atoms with Crippen LogP contribution < -0.4 is 4.90 Å². The maximum Gasteiger partial charge on any atom is 0.228 e. The summed E-state index contributed by atoms with van der Waals surface area (Å²) >= 11 is 0. The van der Waals surface area contributed by atoms with Crippen molar-refractivity contribution in [2.75, 3.05) is 4.90 Å². The third kappa shape index (κ3) is 4.76. The van der Waals surface area contributed by atoms with Crippen LogP contribution in [-0.2, 0) is 0 Å². The van der Waals surface area contributed by atoms with E-state index in [1.807, 2.05) is 54.6 Å². The Morgan fingerprint density at radius 1 is 0.389 bits per heavy atom. The molecule has 5 nitrogen and oxygen atoms in total. The van der Waals surface area contributed by atoms with Crippen LogP contribution in [0.1, 0.15) is 0 Å². The summed E-state index contributed by atoms with van der Waals surface area (Å²) in [7, 11) is 0. The molecule has 0 saturated carbocycles. The second kappa shape index (κ2) is 12.1. The van der Waals surface area contributed by atoms with E-state index in [2.05, 4.69) is 132 Å². The van der Waals surface area contributed by atoms with Crippen molar-refractivity contribution >= 4 is 72.0 Å². The first kappa shape index (κ1) is 30.3. The number of furan rings is 2. The van der Waals surface area contributed by atoms with Crippen LogP contribution in [0.15, 0.2) is 195 Å². The first-order valence-corrected chi connectivity index (χ1v) is 18.0. The smallest absolute Gasteiger partial charge is 0.228 e. The van der Waals surface area contributed by atoms with Crippen molar-refractivity contribution in [1.82, 2.24) is 4.98 Å². The molecule has 0 aliphatic carbocycles. The summed E-state index contributed by atoms with van der Waals surface area (Å²) in [5.74, 6) is 0.567. The minimum absolute atomic E-state index is 0.567. The summed E-state index contributed by atoms with van der Waals surface area (Å²) in [6, 6.07) is 62.7. The first-order chi connectivity index (χ1) is 26.8. The Hall–Kier alpha value is -7.37. The zero-order valence-corrected chi connectivity index (χ0v) is 28.9. The van der Waals surface area contributed by atoms with E-state index in [0.29, 0.717) is 5.89 Å². The Morgan fingerprint density at radius 3 is 1.94 bits per heavy atom. The fourth-order valence-electron chi connectivity index (χ4n) is 7.92. The number of hydrogen-bond donors (Lipinski definition) is 0. The van der Waals surface area contributed by atoms with Gasteiger partial charge in [-0.2, -0.15) is 0 Å². The predicted octanol–water partition coefficient (Wildman–Crippen LogP) is 14.1. The van der Waals surface area contributed by atoms with E-state index in [9.17, 15) is 0 Å². The van der Waals surface area contributed by atoms with Gasteiger partial charge in [-0.05, 0) is 71.3 Å². The Morgan fingerprint density at radius 2 is 1.06 bits per heavy atom. The van der Waals surface area contributed by atoms with Gasteiger partial charge in [-0.1, -0.05) is 121 Å². The fourth-order valence-corrected chi connectivity index (χ4v) is 7.92. The molecule has 254 valence electrons. The van der Waals surface area contributed by atoms with E-state index in [-0.39, 0.29) is 0 Å². The van der Waals surface area contributed by atoms with Crippen molar-refractivity contribution in [2.45, 2.75) is 0 Å². The number of fused-ring (bicyclic) bond motifs is 7. The minimum Gasteiger partial charge on any atom is -0.456 e.